The van der Waals surface area contributed by atoms with Gasteiger partial charge in [0.15, 0.2) is 0 Å². The predicted molar refractivity (Wildman–Crippen MR) is 67.8 cm³/mol. The summed E-state index contributed by atoms with van der Waals surface area (Å²) < 4.78 is 0. The highest BCUT2D eigenvalue weighted by atomic mass is 79.9. The maximum Gasteiger partial charge on any atom is 0.0595 e. The molecule has 0 amide bonds. The standard InChI is InChI=1S/C11H13BrCl2/c12-7-3-1-2-4-9-5-6-10(13)11(14)8-9/h5-6,8H,1-4,7H2. The van der Waals surface area contributed by atoms with E-state index in [1.807, 2.05) is 18.2 Å². The SMILES string of the molecule is Clc1ccc(CCCCCBr)cc1Cl. The molecule has 0 aliphatic heterocycles. The Morgan fingerprint density at radius 1 is 1.00 bits per heavy atom. The van der Waals surface area contributed by atoms with Crippen LogP contribution in [0.4, 0.5) is 0 Å². The zero-order valence-electron chi connectivity index (χ0n) is 7.90. The van der Waals surface area contributed by atoms with Gasteiger partial charge >= 0.3 is 0 Å². The third-order valence-electron chi connectivity index (χ3n) is 2.08. The van der Waals surface area contributed by atoms with Crippen molar-refractivity contribution in [1.82, 2.24) is 0 Å². The smallest absolute Gasteiger partial charge is 0.0595 e. The fraction of sp³-hybridized carbons (Fsp3) is 0.455. The van der Waals surface area contributed by atoms with Crippen LogP contribution in [-0.4, -0.2) is 5.33 Å². The van der Waals surface area contributed by atoms with Crippen LogP contribution in [0.5, 0.6) is 0 Å². The van der Waals surface area contributed by atoms with Crippen LogP contribution in [0, 0.1) is 0 Å². The summed E-state index contributed by atoms with van der Waals surface area (Å²) in [5.74, 6) is 0. The molecule has 3 heteroatoms. The Balaban J connectivity index is 2.39. The maximum atomic E-state index is 5.91. The summed E-state index contributed by atoms with van der Waals surface area (Å²) in [5, 5.41) is 2.38. The van der Waals surface area contributed by atoms with Crippen LogP contribution < -0.4 is 0 Å². The molecule has 0 N–H and O–H groups in total. The Morgan fingerprint density at radius 3 is 2.43 bits per heavy atom. The lowest BCUT2D eigenvalue weighted by Gasteiger charge is -2.02. The van der Waals surface area contributed by atoms with E-state index in [9.17, 15) is 0 Å². The zero-order chi connectivity index (χ0) is 10.4. The van der Waals surface area contributed by atoms with E-state index in [1.54, 1.807) is 0 Å². The van der Waals surface area contributed by atoms with Crippen molar-refractivity contribution >= 4 is 39.1 Å². The molecule has 0 aliphatic rings. The number of unbranched alkanes of at least 4 members (excludes halogenated alkanes) is 2. The van der Waals surface area contributed by atoms with Crippen LogP contribution in [0.2, 0.25) is 10.0 Å². The highest BCUT2D eigenvalue weighted by molar-refractivity contribution is 9.09. The molecule has 0 saturated carbocycles. The minimum absolute atomic E-state index is 0.635. The van der Waals surface area contributed by atoms with Gasteiger partial charge in [0.05, 0.1) is 10.0 Å². The molecule has 0 spiro atoms. The highest BCUT2D eigenvalue weighted by Crippen LogP contribution is 2.23. The lowest BCUT2D eigenvalue weighted by atomic mass is 10.1. The van der Waals surface area contributed by atoms with E-state index >= 15 is 0 Å². The third-order valence-corrected chi connectivity index (χ3v) is 3.38. The summed E-state index contributed by atoms with van der Waals surface area (Å²) in [6.45, 7) is 0. The third kappa shape index (κ3) is 4.20. The molecule has 0 fully saturated rings. The van der Waals surface area contributed by atoms with Crippen molar-refractivity contribution in [3.05, 3.63) is 33.8 Å². The van der Waals surface area contributed by atoms with Crippen LogP contribution in [0.3, 0.4) is 0 Å². The van der Waals surface area contributed by atoms with Crippen molar-refractivity contribution in [3.8, 4) is 0 Å². The largest absolute Gasteiger partial charge is 0.0928 e. The minimum atomic E-state index is 0.635. The number of aryl methyl sites for hydroxylation is 1. The molecule has 1 rings (SSSR count). The summed E-state index contributed by atoms with van der Waals surface area (Å²) >= 11 is 15.2. The zero-order valence-corrected chi connectivity index (χ0v) is 11.0. The Bertz CT molecular complexity index is 287. The Kier molecular flexibility index (Phi) is 5.92. The van der Waals surface area contributed by atoms with Crippen molar-refractivity contribution in [1.29, 1.82) is 0 Å². The number of halogens is 3. The first-order valence-corrected chi connectivity index (χ1v) is 6.61. The molecule has 0 unspecified atom stereocenters. The van der Waals surface area contributed by atoms with E-state index in [4.69, 9.17) is 23.2 Å². The van der Waals surface area contributed by atoms with Gasteiger partial charge in [0.2, 0.25) is 0 Å². The van der Waals surface area contributed by atoms with Crippen LogP contribution in [0.15, 0.2) is 18.2 Å². The van der Waals surface area contributed by atoms with Crippen LogP contribution in [0.1, 0.15) is 24.8 Å². The van der Waals surface area contributed by atoms with E-state index in [1.165, 1.54) is 24.8 Å². The fourth-order valence-corrected chi connectivity index (χ4v) is 2.01. The summed E-state index contributed by atoms with van der Waals surface area (Å²) in [6.07, 6.45) is 4.79. The lowest BCUT2D eigenvalue weighted by Crippen LogP contribution is -1.86. The average Bonchev–Trinajstić information content (AvgIpc) is 2.18. The van der Waals surface area contributed by atoms with Gasteiger partial charge in [-0.05, 0) is 37.0 Å². The monoisotopic (exact) mass is 294 g/mol. The van der Waals surface area contributed by atoms with Crippen molar-refractivity contribution in [2.75, 3.05) is 5.33 Å². The van der Waals surface area contributed by atoms with E-state index in [2.05, 4.69) is 15.9 Å². The summed E-state index contributed by atoms with van der Waals surface area (Å²) in [7, 11) is 0. The van der Waals surface area contributed by atoms with Gasteiger partial charge in [-0.1, -0.05) is 51.6 Å². The van der Waals surface area contributed by atoms with Gasteiger partial charge in [-0.3, -0.25) is 0 Å². The van der Waals surface area contributed by atoms with Crippen molar-refractivity contribution < 1.29 is 0 Å². The number of hydrogen-bond acceptors (Lipinski definition) is 0. The second kappa shape index (κ2) is 6.71. The molecule has 0 radical (unpaired) electrons. The number of alkyl halides is 1. The topological polar surface area (TPSA) is 0 Å². The van der Waals surface area contributed by atoms with Gasteiger partial charge < -0.3 is 0 Å². The molecule has 1 aromatic carbocycles. The van der Waals surface area contributed by atoms with Gasteiger partial charge in [0.1, 0.15) is 0 Å². The molecule has 78 valence electrons. The Hall–Kier alpha value is 0.280. The lowest BCUT2D eigenvalue weighted by molar-refractivity contribution is 0.724. The average molecular weight is 296 g/mol. The van der Waals surface area contributed by atoms with Gasteiger partial charge in [0.25, 0.3) is 0 Å². The summed E-state index contributed by atoms with van der Waals surface area (Å²) in [4.78, 5) is 0. The second-order valence-electron chi connectivity index (χ2n) is 3.25. The quantitative estimate of drug-likeness (QED) is 0.523. The van der Waals surface area contributed by atoms with E-state index in [-0.39, 0.29) is 0 Å². The molecule has 0 saturated heterocycles. The maximum absolute atomic E-state index is 5.91. The normalized spacial score (nSPS) is 10.5. The molecule has 0 heterocycles. The number of hydrogen-bond donors (Lipinski definition) is 0. The van der Waals surface area contributed by atoms with Gasteiger partial charge in [-0.2, -0.15) is 0 Å². The predicted octanol–water partition coefficient (Wildman–Crippen LogP) is 5.10. The Morgan fingerprint density at radius 2 is 1.79 bits per heavy atom. The van der Waals surface area contributed by atoms with Crippen molar-refractivity contribution in [2.45, 2.75) is 25.7 Å². The first-order chi connectivity index (χ1) is 6.74. The molecular formula is C11H13BrCl2. The fourth-order valence-electron chi connectivity index (χ4n) is 1.30. The molecule has 14 heavy (non-hydrogen) atoms. The minimum Gasteiger partial charge on any atom is -0.0928 e. The van der Waals surface area contributed by atoms with E-state index in [0.29, 0.717) is 10.0 Å². The molecule has 0 nitrogen and oxygen atoms in total. The van der Waals surface area contributed by atoms with Gasteiger partial charge in [-0.15, -0.1) is 0 Å². The first-order valence-electron chi connectivity index (χ1n) is 4.74. The van der Waals surface area contributed by atoms with Gasteiger partial charge in [-0.25, -0.2) is 0 Å². The molecule has 0 bridgehead atoms. The summed E-state index contributed by atoms with van der Waals surface area (Å²) in [5.41, 5.74) is 1.27. The molecular weight excluding hydrogens is 283 g/mol. The van der Waals surface area contributed by atoms with Crippen molar-refractivity contribution in [2.24, 2.45) is 0 Å². The second-order valence-corrected chi connectivity index (χ2v) is 4.86. The van der Waals surface area contributed by atoms with Crippen LogP contribution in [-0.2, 0) is 6.42 Å². The van der Waals surface area contributed by atoms with Crippen LogP contribution >= 0.6 is 39.1 Å². The van der Waals surface area contributed by atoms with Gasteiger partial charge in [0, 0.05) is 5.33 Å². The molecule has 0 aromatic heterocycles. The summed E-state index contributed by atoms with van der Waals surface area (Å²) in [6, 6.07) is 5.87. The first kappa shape index (κ1) is 12.4. The highest BCUT2D eigenvalue weighted by Gasteiger charge is 1.99. The number of rotatable bonds is 5. The van der Waals surface area contributed by atoms with Crippen molar-refractivity contribution in [3.63, 3.8) is 0 Å². The molecule has 1 aromatic rings. The molecule has 0 atom stereocenters. The van der Waals surface area contributed by atoms with Crippen LogP contribution in [0.25, 0.3) is 0 Å². The number of benzene rings is 1. The molecule has 0 aliphatic carbocycles. The van der Waals surface area contributed by atoms with E-state index in [0.717, 1.165) is 11.8 Å². The van der Waals surface area contributed by atoms with E-state index < -0.39 is 0 Å². The Labute approximate surface area is 104 Å².